The topological polar surface area (TPSA) is 75.1 Å². The second kappa shape index (κ2) is 12.1. The average molecular weight is 495 g/mol. The summed E-state index contributed by atoms with van der Waals surface area (Å²) in [5.41, 5.74) is 4.06. The largest absolute Gasteiger partial charge is 0.387 e. The summed E-state index contributed by atoms with van der Waals surface area (Å²) in [5, 5.41) is 21.0. The van der Waals surface area contributed by atoms with Crippen molar-refractivity contribution >= 4 is 24.5 Å². The van der Waals surface area contributed by atoms with E-state index in [-0.39, 0.29) is 25.7 Å². The molecule has 2 saturated carbocycles. The van der Waals surface area contributed by atoms with Gasteiger partial charge in [0, 0.05) is 0 Å². The standard InChI is InChI=1S/2C14H18N2O.H2S/c2*17-14(11-5-2-1-3-6-11)13-8-4-7-12-9-15-10-16(12)13;/h2*4,7-11,14,17H,1-3,5-6H2;1H2/t2*14-;/m10./s1. The van der Waals surface area contributed by atoms with E-state index in [1.165, 1.54) is 38.5 Å². The Morgan fingerprint density at radius 1 is 0.629 bits per heavy atom. The summed E-state index contributed by atoms with van der Waals surface area (Å²) in [4.78, 5) is 8.28. The van der Waals surface area contributed by atoms with Crippen LogP contribution in [0.1, 0.15) is 87.8 Å². The molecule has 4 aromatic heterocycles. The Labute approximate surface area is 214 Å². The predicted molar refractivity (Wildman–Crippen MR) is 144 cm³/mol. The molecule has 0 saturated heterocycles. The maximum Gasteiger partial charge on any atom is 0.0995 e. The van der Waals surface area contributed by atoms with Crippen molar-refractivity contribution in [2.45, 2.75) is 76.4 Å². The molecule has 0 aromatic carbocycles. The minimum Gasteiger partial charge on any atom is -0.387 e. The Bertz CT molecular complexity index is 1100. The lowest BCUT2D eigenvalue weighted by molar-refractivity contribution is 0.0800. The summed E-state index contributed by atoms with van der Waals surface area (Å²) in [6, 6.07) is 12.0. The molecule has 2 atom stereocenters. The monoisotopic (exact) mass is 494 g/mol. The molecule has 2 fully saturated rings. The van der Waals surface area contributed by atoms with Gasteiger partial charge < -0.3 is 19.0 Å². The van der Waals surface area contributed by atoms with Crippen LogP contribution in [0.15, 0.2) is 61.4 Å². The highest BCUT2D eigenvalue weighted by Gasteiger charge is 2.25. The SMILES string of the molecule is O[C@@H](c1cccc2cncn12)C1CCCCC1.O[C@H](c1cccc2cncn12)C1CCCCC1.S. The van der Waals surface area contributed by atoms with Crippen LogP contribution in [0.4, 0.5) is 0 Å². The van der Waals surface area contributed by atoms with E-state index in [2.05, 4.69) is 9.97 Å². The number of aliphatic hydroxyl groups excluding tert-OH is 2. The molecule has 0 spiro atoms. The van der Waals surface area contributed by atoms with Crippen molar-refractivity contribution in [3.63, 3.8) is 0 Å². The number of aliphatic hydroxyl groups is 2. The molecule has 0 unspecified atom stereocenters. The first kappa shape index (κ1) is 25.7. The molecule has 2 aliphatic carbocycles. The van der Waals surface area contributed by atoms with Crippen molar-refractivity contribution in [3.05, 3.63) is 72.8 Å². The highest BCUT2D eigenvalue weighted by molar-refractivity contribution is 7.59. The lowest BCUT2D eigenvalue weighted by Crippen LogP contribution is -2.18. The number of nitrogens with zero attached hydrogens (tertiary/aromatic N) is 4. The van der Waals surface area contributed by atoms with E-state index >= 15 is 0 Å². The van der Waals surface area contributed by atoms with Gasteiger partial charge >= 0.3 is 0 Å². The Kier molecular flexibility index (Phi) is 8.87. The molecule has 7 heteroatoms. The quantitative estimate of drug-likeness (QED) is 0.364. The van der Waals surface area contributed by atoms with Crippen LogP contribution in [-0.4, -0.2) is 29.0 Å². The second-order valence-electron chi connectivity index (χ2n) is 9.96. The third kappa shape index (κ3) is 5.74. The van der Waals surface area contributed by atoms with E-state index in [1.807, 2.05) is 57.6 Å². The number of imidazole rings is 2. The van der Waals surface area contributed by atoms with Gasteiger partial charge in [-0.3, -0.25) is 0 Å². The van der Waals surface area contributed by atoms with Crippen LogP contribution in [0.25, 0.3) is 11.0 Å². The summed E-state index contributed by atoms with van der Waals surface area (Å²) in [7, 11) is 0. The molecular formula is C28H38N4O2S. The lowest BCUT2D eigenvalue weighted by atomic mass is 9.84. The number of hydrogen-bond acceptors (Lipinski definition) is 4. The van der Waals surface area contributed by atoms with Crippen molar-refractivity contribution < 1.29 is 10.2 Å². The van der Waals surface area contributed by atoms with Gasteiger partial charge in [0.25, 0.3) is 0 Å². The highest BCUT2D eigenvalue weighted by atomic mass is 32.1. The first-order valence-electron chi connectivity index (χ1n) is 12.9. The number of fused-ring (bicyclic) bond motifs is 2. The fourth-order valence-electron chi connectivity index (χ4n) is 5.80. The van der Waals surface area contributed by atoms with Crippen LogP contribution in [0.5, 0.6) is 0 Å². The van der Waals surface area contributed by atoms with Crippen LogP contribution in [0.2, 0.25) is 0 Å². The first-order chi connectivity index (χ1) is 16.7. The van der Waals surface area contributed by atoms with Gasteiger partial charge in [-0.2, -0.15) is 13.5 Å². The Morgan fingerprint density at radius 3 is 1.43 bits per heavy atom. The summed E-state index contributed by atoms with van der Waals surface area (Å²) in [6.45, 7) is 0. The van der Waals surface area contributed by atoms with E-state index in [0.29, 0.717) is 11.8 Å². The molecule has 6 rings (SSSR count). The van der Waals surface area contributed by atoms with Crippen LogP contribution in [0, 0.1) is 11.8 Å². The van der Waals surface area contributed by atoms with Crippen molar-refractivity contribution in [2.75, 3.05) is 0 Å². The Morgan fingerprint density at radius 2 is 1.03 bits per heavy atom. The van der Waals surface area contributed by atoms with E-state index in [4.69, 9.17) is 0 Å². The molecule has 0 bridgehead atoms. The molecule has 4 aromatic rings. The molecule has 188 valence electrons. The Hall–Kier alpha value is -2.35. The molecule has 4 heterocycles. The fraction of sp³-hybridized carbons (Fsp3) is 0.500. The van der Waals surface area contributed by atoms with Crippen molar-refractivity contribution in [1.82, 2.24) is 18.8 Å². The first-order valence-corrected chi connectivity index (χ1v) is 12.9. The van der Waals surface area contributed by atoms with Gasteiger partial charge in [-0.05, 0) is 61.8 Å². The smallest absolute Gasteiger partial charge is 0.0995 e. The molecule has 35 heavy (non-hydrogen) atoms. The molecular weight excluding hydrogens is 456 g/mol. The second-order valence-corrected chi connectivity index (χ2v) is 9.96. The lowest BCUT2D eigenvalue weighted by Gasteiger charge is -2.27. The summed E-state index contributed by atoms with van der Waals surface area (Å²) in [6.07, 6.45) is 18.8. The van der Waals surface area contributed by atoms with Crippen molar-refractivity contribution in [2.24, 2.45) is 11.8 Å². The number of rotatable bonds is 4. The maximum absolute atomic E-state index is 10.5. The van der Waals surface area contributed by atoms with Gasteiger partial charge in [-0.1, -0.05) is 50.7 Å². The molecule has 0 aliphatic heterocycles. The molecule has 0 radical (unpaired) electrons. The molecule has 6 nitrogen and oxygen atoms in total. The van der Waals surface area contributed by atoms with Crippen molar-refractivity contribution in [3.8, 4) is 0 Å². The molecule has 0 amide bonds. The summed E-state index contributed by atoms with van der Waals surface area (Å²) in [5.74, 6) is 0.827. The van der Waals surface area contributed by atoms with Crippen LogP contribution in [-0.2, 0) is 0 Å². The minimum atomic E-state index is -0.354. The third-order valence-electron chi connectivity index (χ3n) is 7.76. The summed E-state index contributed by atoms with van der Waals surface area (Å²) < 4.78 is 4.00. The van der Waals surface area contributed by atoms with Crippen molar-refractivity contribution in [1.29, 1.82) is 0 Å². The zero-order valence-electron chi connectivity index (χ0n) is 20.3. The van der Waals surface area contributed by atoms with Gasteiger partial charge in [-0.25, -0.2) is 9.97 Å². The fourth-order valence-corrected chi connectivity index (χ4v) is 5.80. The van der Waals surface area contributed by atoms with Gasteiger partial charge in [-0.15, -0.1) is 0 Å². The van der Waals surface area contributed by atoms with Gasteiger partial charge in [0.15, 0.2) is 0 Å². The normalized spacial score (nSPS) is 19.0. The van der Waals surface area contributed by atoms with Crippen LogP contribution < -0.4 is 0 Å². The van der Waals surface area contributed by atoms with Crippen LogP contribution >= 0.6 is 13.5 Å². The number of hydrogen-bond donors (Lipinski definition) is 2. The number of aromatic nitrogens is 4. The maximum atomic E-state index is 10.5. The van der Waals surface area contributed by atoms with E-state index < -0.39 is 0 Å². The third-order valence-corrected chi connectivity index (χ3v) is 7.76. The summed E-state index contributed by atoms with van der Waals surface area (Å²) >= 11 is 0. The highest BCUT2D eigenvalue weighted by Crippen LogP contribution is 2.35. The zero-order chi connectivity index (χ0) is 23.3. The van der Waals surface area contributed by atoms with Crippen LogP contribution in [0.3, 0.4) is 0 Å². The van der Waals surface area contributed by atoms with E-state index in [1.54, 1.807) is 12.7 Å². The zero-order valence-corrected chi connectivity index (χ0v) is 21.3. The van der Waals surface area contributed by atoms with Gasteiger partial charge in [0.1, 0.15) is 0 Å². The van der Waals surface area contributed by atoms with E-state index in [0.717, 1.165) is 48.1 Å². The van der Waals surface area contributed by atoms with Gasteiger partial charge in [0.2, 0.25) is 0 Å². The van der Waals surface area contributed by atoms with E-state index in [9.17, 15) is 10.2 Å². The van der Waals surface area contributed by atoms with Gasteiger partial charge in [0.05, 0.1) is 59.7 Å². The molecule has 2 aliphatic rings. The molecule has 2 N–H and O–H groups in total. The minimum absolute atomic E-state index is 0. The number of pyridine rings is 2. The Balaban J connectivity index is 0.000000160. The average Bonchev–Trinajstić information content (AvgIpc) is 3.59. The predicted octanol–water partition coefficient (Wildman–Crippen LogP) is 6.01.